The molecule has 32 heavy (non-hydrogen) atoms. The molecule has 178 valence electrons. The molecule has 0 radical (unpaired) electrons. The second kappa shape index (κ2) is 10.6. The molecule has 1 unspecified atom stereocenters. The fourth-order valence-corrected chi connectivity index (χ4v) is 6.32. The number of aromatic nitrogens is 2. The van der Waals surface area contributed by atoms with Crippen LogP contribution in [-0.4, -0.2) is 51.2 Å². The number of hydrogen-bond acceptors (Lipinski definition) is 6. The molecule has 1 aromatic heterocycles. The van der Waals surface area contributed by atoms with Crippen molar-refractivity contribution in [2.24, 2.45) is 0 Å². The molecule has 0 aromatic carbocycles. The summed E-state index contributed by atoms with van der Waals surface area (Å²) in [5.74, 6) is 0. The summed E-state index contributed by atoms with van der Waals surface area (Å²) in [7, 11) is -1.52. The van der Waals surface area contributed by atoms with E-state index in [2.05, 4.69) is 42.2 Å². The van der Waals surface area contributed by atoms with Gasteiger partial charge in [-0.1, -0.05) is 12.8 Å². The maximum absolute atomic E-state index is 12.5. The molecule has 10 heteroatoms. The van der Waals surface area contributed by atoms with Crippen LogP contribution in [0.3, 0.4) is 0 Å². The van der Waals surface area contributed by atoms with Crippen LogP contribution in [0.5, 0.6) is 0 Å². The SMILES string of the molecule is [2H][C@@H]1CCC[C@@]2(OP(OCC[N+]#[C-])N(C(C)C)C(C)C)C[C@H](n3cc(C)c(=O)[nH]c3=O)O[C@@H]12. The van der Waals surface area contributed by atoms with Gasteiger partial charge in [-0.05, 0) is 47.4 Å². The number of nitrogens with zero attached hydrogens (tertiary/aromatic N) is 3. The van der Waals surface area contributed by atoms with Crippen LogP contribution in [0.15, 0.2) is 15.8 Å². The first-order valence-electron chi connectivity index (χ1n) is 11.8. The first-order valence-corrected chi connectivity index (χ1v) is 12.4. The fourth-order valence-electron chi connectivity index (χ4n) is 4.47. The number of nitrogens with one attached hydrogen (secondary N) is 1. The van der Waals surface area contributed by atoms with E-state index in [0.717, 1.165) is 6.42 Å². The normalized spacial score (nSPS) is 29.2. The van der Waals surface area contributed by atoms with E-state index in [1.54, 1.807) is 6.92 Å². The summed E-state index contributed by atoms with van der Waals surface area (Å²) in [5, 5.41) is 0. The van der Waals surface area contributed by atoms with Crippen molar-refractivity contribution in [2.75, 3.05) is 13.2 Å². The molecule has 0 amide bonds. The Bertz CT molecular complexity index is 969. The molecule has 1 N–H and O–H groups in total. The number of aryl methyl sites for hydroxylation is 1. The van der Waals surface area contributed by atoms with Crippen LogP contribution in [0.2, 0.25) is 0 Å². The largest absolute Gasteiger partial charge is 0.352 e. The van der Waals surface area contributed by atoms with Crippen molar-refractivity contribution in [2.45, 2.75) is 96.7 Å². The van der Waals surface area contributed by atoms with Gasteiger partial charge < -0.3 is 18.6 Å². The van der Waals surface area contributed by atoms with Gasteiger partial charge in [0.1, 0.15) is 18.4 Å². The lowest BCUT2D eigenvalue weighted by atomic mass is 9.81. The van der Waals surface area contributed by atoms with Gasteiger partial charge in [0.25, 0.3) is 14.1 Å². The Balaban J connectivity index is 1.96. The molecule has 9 nitrogen and oxygen atoms in total. The number of H-pyrrole nitrogens is 1. The summed E-state index contributed by atoms with van der Waals surface area (Å²) in [6, 6.07) is 0.300. The number of rotatable bonds is 9. The van der Waals surface area contributed by atoms with E-state index in [-0.39, 0.29) is 25.2 Å². The summed E-state index contributed by atoms with van der Waals surface area (Å²) < 4.78 is 31.4. The second-order valence-corrected chi connectivity index (χ2v) is 10.4. The predicted molar refractivity (Wildman–Crippen MR) is 123 cm³/mol. The van der Waals surface area contributed by atoms with Gasteiger partial charge in [-0.25, -0.2) is 16.0 Å². The molecule has 1 saturated heterocycles. The lowest BCUT2D eigenvalue weighted by Crippen LogP contribution is -2.45. The summed E-state index contributed by atoms with van der Waals surface area (Å²) >= 11 is 0. The maximum Gasteiger partial charge on any atom is 0.330 e. The molecular formula is C22H35N4O5P. The predicted octanol–water partition coefficient (Wildman–Crippen LogP) is 3.74. The topological polar surface area (TPSA) is 90.2 Å². The third-order valence-electron chi connectivity index (χ3n) is 5.89. The van der Waals surface area contributed by atoms with Gasteiger partial charge in [-0.2, -0.15) is 0 Å². The molecule has 1 aliphatic carbocycles. The van der Waals surface area contributed by atoms with Gasteiger partial charge in [0.05, 0.1) is 6.10 Å². The van der Waals surface area contributed by atoms with Gasteiger partial charge in [0.2, 0.25) is 6.54 Å². The van der Waals surface area contributed by atoms with E-state index < -0.39 is 44.1 Å². The first-order chi connectivity index (χ1) is 15.6. The second-order valence-electron chi connectivity index (χ2n) is 9.00. The molecule has 2 aliphatic rings. The monoisotopic (exact) mass is 467 g/mol. The summed E-state index contributed by atoms with van der Waals surface area (Å²) in [4.78, 5) is 30.1. The van der Waals surface area contributed by atoms with Crippen LogP contribution < -0.4 is 11.2 Å². The van der Waals surface area contributed by atoms with E-state index in [1.165, 1.54) is 10.8 Å². The molecule has 1 aromatic rings. The zero-order valence-corrected chi connectivity index (χ0v) is 20.4. The quantitative estimate of drug-likeness (QED) is 0.338. The molecule has 1 saturated carbocycles. The summed E-state index contributed by atoms with van der Waals surface area (Å²) in [5.41, 5.74) is -1.32. The van der Waals surface area contributed by atoms with E-state index >= 15 is 0 Å². The maximum atomic E-state index is 12.5. The first kappa shape index (κ1) is 23.6. The molecule has 0 spiro atoms. The zero-order valence-electron chi connectivity index (χ0n) is 20.5. The lowest BCUT2D eigenvalue weighted by Gasteiger charge is -2.43. The van der Waals surface area contributed by atoms with Crippen LogP contribution in [0.4, 0.5) is 0 Å². The number of ether oxygens (including phenoxy) is 1. The zero-order chi connectivity index (χ0) is 24.3. The highest BCUT2D eigenvalue weighted by molar-refractivity contribution is 7.44. The summed E-state index contributed by atoms with van der Waals surface area (Å²) in [6.07, 6.45) is 2.44. The smallest absolute Gasteiger partial charge is 0.330 e. The summed E-state index contributed by atoms with van der Waals surface area (Å²) in [6.45, 7) is 17.6. The van der Waals surface area contributed by atoms with E-state index in [1.807, 2.05) is 0 Å². The molecular weight excluding hydrogens is 431 g/mol. The van der Waals surface area contributed by atoms with Gasteiger partial charge in [0.15, 0.2) is 0 Å². The van der Waals surface area contributed by atoms with E-state index in [4.69, 9.17) is 21.7 Å². The Hall–Kier alpha value is -1.56. The fraction of sp³-hybridized carbons (Fsp3) is 0.773. The van der Waals surface area contributed by atoms with Crippen molar-refractivity contribution in [1.82, 2.24) is 14.2 Å². The Morgan fingerprint density at radius 1 is 1.41 bits per heavy atom. The van der Waals surface area contributed by atoms with E-state index in [9.17, 15) is 9.59 Å². The minimum absolute atomic E-state index is 0.150. The molecule has 3 rings (SSSR count). The van der Waals surface area contributed by atoms with Crippen molar-refractivity contribution in [1.29, 1.82) is 0 Å². The Morgan fingerprint density at radius 2 is 2.12 bits per heavy atom. The standard InChI is InChI=1S/C22H35N4O5P/c1-15(2)26(16(3)4)32(29-12-11-23-6)31-22-10-8-7-9-18(22)30-19(13-22)25-14-17(5)20(27)24-21(25)28/h14-16,18-19H,7-13H2,1-5H3,(H,24,27,28)/t18-,19+,22+,32?/m0/s1/i9D/t9-,18+,19-,22-,32?/m1. The van der Waals surface area contributed by atoms with Crippen LogP contribution in [0.1, 0.15) is 72.9 Å². The highest BCUT2D eigenvalue weighted by Gasteiger charge is 2.54. The average molecular weight is 468 g/mol. The lowest BCUT2D eigenvalue weighted by molar-refractivity contribution is -0.0732. The van der Waals surface area contributed by atoms with Gasteiger partial charge in [0, 0.05) is 31.6 Å². The number of aromatic amines is 1. The van der Waals surface area contributed by atoms with Crippen molar-refractivity contribution >= 4 is 8.53 Å². The Labute approximate surface area is 192 Å². The highest BCUT2D eigenvalue weighted by Crippen LogP contribution is 2.57. The van der Waals surface area contributed by atoms with Gasteiger partial charge >= 0.3 is 5.69 Å². The van der Waals surface area contributed by atoms with Crippen molar-refractivity contribution in [3.05, 3.63) is 44.0 Å². The Morgan fingerprint density at radius 3 is 2.78 bits per heavy atom. The molecule has 1 aliphatic heterocycles. The van der Waals surface area contributed by atoms with Crippen molar-refractivity contribution in [3.8, 4) is 0 Å². The van der Waals surface area contributed by atoms with Gasteiger partial charge in [-0.15, -0.1) is 0 Å². The third-order valence-corrected chi connectivity index (χ3v) is 8.12. The van der Waals surface area contributed by atoms with Gasteiger partial charge in [-0.3, -0.25) is 14.3 Å². The molecule has 2 fully saturated rings. The van der Waals surface area contributed by atoms with Crippen LogP contribution in [0.25, 0.3) is 4.85 Å². The minimum Gasteiger partial charge on any atom is -0.352 e. The molecule has 5 atom stereocenters. The third kappa shape index (κ3) is 5.32. The van der Waals surface area contributed by atoms with Crippen LogP contribution in [-0.2, 0) is 13.8 Å². The minimum atomic E-state index is -1.52. The molecule has 2 heterocycles. The number of hydrogen-bond donors (Lipinski definition) is 1. The average Bonchev–Trinajstić information content (AvgIpc) is 3.11. The molecule has 0 bridgehead atoms. The van der Waals surface area contributed by atoms with Crippen LogP contribution in [0, 0.1) is 13.5 Å². The van der Waals surface area contributed by atoms with Crippen LogP contribution >= 0.6 is 8.53 Å². The van der Waals surface area contributed by atoms with E-state index in [0.29, 0.717) is 24.8 Å². The highest BCUT2D eigenvalue weighted by atomic mass is 31.2. The van der Waals surface area contributed by atoms with Crippen molar-refractivity contribution < 1.29 is 15.2 Å². The van der Waals surface area contributed by atoms with Crippen molar-refractivity contribution in [3.63, 3.8) is 0 Å². The Kier molecular flexibility index (Phi) is 7.80. The number of fused-ring (bicyclic) bond motifs is 1.